The minimum absolute atomic E-state index is 0.154. The molecule has 0 saturated heterocycles. The van der Waals surface area contributed by atoms with Crippen molar-refractivity contribution in [2.45, 2.75) is 18.2 Å². The van der Waals surface area contributed by atoms with Crippen molar-refractivity contribution >= 4 is 21.6 Å². The summed E-state index contributed by atoms with van der Waals surface area (Å²) in [5.74, 6) is -0.368. The molecule has 0 bridgehead atoms. The lowest BCUT2D eigenvalue weighted by Gasteiger charge is -2.18. The maximum absolute atomic E-state index is 12.4. The zero-order valence-electron chi connectivity index (χ0n) is 11.3. The molecule has 0 aromatic heterocycles. The van der Waals surface area contributed by atoms with Gasteiger partial charge in [-0.05, 0) is 24.1 Å². The van der Waals surface area contributed by atoms with Gasteiger partial charge < -0.3 is 11.1 Å². The number of carbonyl (C=O) groups is 1. The van der Waals surface area contributed by atoms with Crippen LogP contribution in [0.5, 0.6) is 0 Å². The van der Waals surface area contributed by atoms with Crippen LogP contribution < -0.4 is 11.1 Å². The second-order valence-corrected chi connectivity index (χ2v) is 6.17. The Labute approximate surface area is 113 Å². The van der Waals surface area contributed by atoms with E-state index in [0.717, 1.165) is 4.31 Å². The lowest BCUT2D eigenvalue weighted by molar-refractivity contribution is -0.120. The second kappa shape index (κ2) is 6.03. The largest absolute Gasteiger partial charge is 0.399 e. The molecular formula is C12H19N3O3S. The van der Waals surface area contributed by atoms with Gasteiger partial charge in [0, 0.05) is 19.8 Å². The van der Waals surface area contributed by atoms with Crippen LogP contribution in [0.15, 0.2) is 23.1 Å². The van der Waals surface area contributed by atoms with Gasteiger partial charge in [0.15, 0.2) is 0 Å². The highest BCUT2D eigenvalue weighted by atomic mass is 32.2. The third kappa shape index (κ3) is 3.45. The number of likely N-dealkylation sites (N-methyl/N-ethyl adjacent to an activating group) is 2. The summed E-state index contributed by atoms with van der Waals surface area (Å²) < 4.78 is 25.8. The molecule has 106 valence electrons. The van der Waals surface area contributed by atoms with Crippen molar-refractivity contribution in [2.24, 2.45) is 0 Å². The minimum atomic E-state index is -3.72. The first-order valence-corrected chi connectivity index (χ1v) is 7.32. The third-order valence-electron chi connectivity index (χ3n) is 2.81. The summed E-state index contributed by atoms with van der Waals surface area (Å²) in [7, 11) is -0.890. The fraction of sp³-hybridized carbons (Fsp3) is 0.417. The Morgan fingerprint density at radius 2 is 2.05 bits per heavy atom. The number of anilines is 1. The molecule has 0 radical (unpaired) electrons. The van der Waals surface area contributed by atoms with E-state index in [4.69, 9.17) is 5.73 Å². The topological polar surface area (TPSA) is 92.5 Å². The first kappa shape index (κ1) is 15.5. The molecule has 0 atom stereocenters. The van der Waals surface area contributed by atoms with Crippen molar-refractivity contribution in [1.82, 2.24) is 9.62 Å². The monoisotopic (exact) mass is 285 g/mol. The van der Waals surface area contributed by atoms with Gasteiger partial charge in [-0.15, -0.1) is 0 Å². The van der Waals surface area contributed by atoms with Crippen LogP contribution in [0.1, 0.15) is 12.5 Å². The van der Waals surface area contributed by atoms with E-state index in [1.54, 1.807) is 12.1 Å². The van der Waals surface area contributed by atoms with Crippen LogP contribution in [-0.4, -0.2) is 39.3 Å². The van der Waals surface area contributed by atoms with E-state index in [0.29, 0.717) is 17.7 Å². The third-order valence-corrected chi connectivity index (χ3v) is 4.69. The van der Waals surface area contributed by atoms with Crippen molar-refractivity contribution in [1.29, 1.82) is 0 Å². The van der Waals surface area contributed by atoms with Gasteiger partial charge in [-0.3, -0.25) is 4.79 Å². The van der Waals surface area contributed by atoms with Gasteiger partial charge in [-0.2, -0.15) is 4.31 Å². The molecule has 0 aliphatic rings. The molecule has 3 N–H and O–H groups in total. The lowest BCUT2D eigenvalue weighted by Crippen LogP contribution is -2.37. The average Bonchev–Trinajstić information content (AvgIpc) is 2.38. The number of nitrogen functional groups attached to an aromatic ring is 1. The zero-order valence-corrected chi connectivity index (χ0v) is 12.1. The SMILES string of the molecule is CCc1ccc(N)cc1S(=O)(=O)N(C)CC(=O)NC. The van der Waals surface area contributed by atoms with Gasteiger partial charge in [0.1, 0.15) is 0 Å². The van der Waals surface area contributed by atoms with E-state index in [1.807, 2.05) is 6.92 Å². The number of hydrogen-bond donors (Lipinski definition) is 2. The summed E-state index contributed by atoms with van der Waals surface area (Å²) >= 11 is 0. The van der Waals surface area contributed by atoms with Crippen LogP contribution in [0.25, 0.3) is 0 Å². The van der Waals surface area contributed by atoms with Crippen molar-refractivity contribution in [3.05, 3.63) is 23.8 Å². The molecule has 1 aromatic carbocycles. The number of nitrogens with one attached hydrogen (secondary N) is 1. The Morgan fingerprint density at radius 3 is 2.58 bits per heavy atom. The van der Waals surface area contributed by atoms with E-state index in [9.17, 15) is 13.2 Å². The van der Waals surface area contributed by atoms with Crippen molar-refractivity contribution in [3.8, 4) is 0 Å². The maximum Gasteiger partial charge on any atom is 0.243 e. The van der Waals surface area contributed by atoms with Gasteiger partial charge in [0.05, 0.1) is 11.4 Å². The molecule has 0 saturated carbocycles. The number of rotatable bonds is 5. The Balaban J connectivity index is 3.19. The molecule has 1 rings (SSSR count). The van der Waals surface area contributed by atoms with Crippen LogP contribution >= 0.6 is 0 Å². The number of nitrogens with two attached hydrogens (primary N) is 1. The van der Waals surface area contributed by atoms with Gasteiger partial charge >= 0.3 is 0 Å². The molecule has 0 spiro atoms. The highest BCUT2D eigenvalue weighted by molar-refractivity contribution is 7.89. The Hall–Kier alpha value is -1.60. The summed E-state index contributed by atoms with van der Waals surface area (Å²) in [6.45, 7) is 1.64. The molecule has 0 heterocycles. The highest BCUT2D eigenvalue weighted by Gasteiger charge is 2.25. The van der Waals surface area contributed by atoms with Crippen LogP contribution in [0.2, 0.25) is 0 Å². The Morgan fingerprint density at radius 1 is 1.42 bits per heavy atom. The predicted molar refractivity (Wildman–Crippen MR) is 74.1 cm³/mol. The van der Waals surface area contributed by atoms with Crippen LogP contribution in [0, 0.1) is 0 Å². The summed E-state index contributed by atoms with van der Waals surface area (Å²) in [5.41, 5.74) is 6.70. The van der Waals surface area contributed by atoms with Crippen LogP contribution in [0.3, 0.4) is 0 Å². The Bertz CT molecular complexity index is 570. The average molecular weight is 285 g/mol. The number of aryl methyl sites for hydroxylation is 1. The van der Waals surface area contributed by atoms with E-state index in [2.05, 4.69) is 5.32 Å². The molecule has 0 fully saturated rings. The fourth-order valence-corrected chi connectivity index (χ4v) is 3.09. The van der Waals surface area contributed by atoms with Gasteiger partial charge in [-0.25, -0.2) is 8.42 Å². The molecule has 1 aromatic rings. The zero-order chi connectivity index (χ0) is 14.6. The van der Waals surface area contributed by atoms with E-state index < -0.39 is 10.0 Å². The minimum Gasteiger partial charge on any atom is -0.399 e. The lowest BCUT2D eigenvalue weighted by atomic mass is 10.1. The van der Waals surface area contributed by atoms with Crippen molar-refractivity contribution < 1.29 is 13.2 Å². The van der Waals surface area contributed by atoms with E-state index >= 15 is 0 Å². The number of carbonyl (C=O) groups excluding carboxylic acids is 1. The summed E-state index contributed by atoms with van der Waals surface area (Å²) in [6, 6.07) is 4.78. The number of sulfonamides is 1. The van der Waals surface area contributed by atoms with E-state index in [-0.39, 0.29) is 17.3 Å². The summed E-state index contributed by atoms with van der Waals surface area (Å²) in [4.78, 5) is 11.4. The second-order valence-electron chi connectivity index (χ2n) is 4.15. The number of nitrogens with zero attached hydrogens (tertiary/aromatic N) is 1. The molecule has 6 nitrogen and oxygen atoms in total. The summed E-state index contributed by atoms with van der Waals surface area (Å²) in [6.07, 6.45) is 0.572. The first-order valence-electron chi connectivity index (χ1n) is 5.88. The highest BCUT2D eigenvalue weighted by Crippen LogP contribution is 2.22. The fourth-order valence-electron chi connectivity index (χ4n) is 1.64. The van der Waals surface area contributed by atoms with Crippen molar-refractivity contribution in [2.75, 3.05) is 26.4 Å². The number of benzene rings is 1. The number of amides is 1. The molecule has 0 aliphatic carbocycles. The molecule has 0 unspecified atom stereocenters. The predicted octanol–water partition coefficient (Wildman–Crippen LogP) is 0.198. The first-order chi connectivity index (χ1) is 8.82. The van der Waals surface area contributed by atoms with Gasteiger partial charge in [-0.1, -0.05) is 13.0 Å². The summed E-state index contributed by atoms with van der Waals surface area (Å²) in [5, 5.41) is 2.39. The van der Waals surface area contributed by atoms with E-state index in [1.165, 1.54) is 20.2 Å². The molecular weight excluding hydrogens is 266 g/mol. The quantitative estimate of drug-likeness (QED) is 0.756. The maximum atomic E-state index is 12.4. The standard InChI is InChI=1S/C12H19N3O3S/c1-4-9-5-6-10(13)7-11(9)19(17,18)15(3)8-12(16)14-2/h5-7H,4,8,13H2,1-3H3,(H,14,16). The van der Waals surface area contributed by atoms with Crippen LogP contribution in [-0.2, 0) is 21.2 Å². The van der Waals surface area contributed by atoms with Gasteiger partial charge in [0.2, 0.25) is 15.9 Å². The Kier molecular flexibility index (Phi) is 4.90. The normalized spacial score (nSPS) is 11.6. The van der Waals surface area contributed by atoms with Crippen LogP contribution in [0.4, 0.5) is 5.69 Å². The number of hydrogen-bond acceptors (Lipinski definition) is 4. The molecule has 7 heteroatoms. The van der Waals surface area contributed by atoms with Gasteiger partial charge in [0.25, 0.3) is 0 Å². The van der Waals surface area contributed by atoms with Crippen molar-refractivity contribution in [3.63, 3.8) is 0 Å². The smallest absolute Gasteiger partial charge is 0.243 e. The molecule has 1 amide bonds. The molecule has 0 aliphatic heterocycles. The molecule has 19 heavy (non-hydrogen) atoms.